The zero-order valence-electron chi connectivity index (χ0n) is 15.9. The van der Waals surface area contributed by atoms with Crippen LogP contribution in [0.4, 0.5) is 4.79 Å². The van der Waals surface area contributed by atoms with Crippen molar-refractivity contribution in [1.29, 1.82) is 0 Å². The van der Waals surface area contributed by atoms with E-state index in [1.54, 1.807) is 6.07 Å². The summed E-state index contributed by atoms with van der Waals surface area (Å²) in [7, 11) is 0. The van der Waals surface area contributed by atoms with E-state index in [0.29, 0.717) is 43.5 Å². The second-order valence-corrected chi connectivity index (χ2v) is 7.64. The summed E-state index contributed by atoms with van der Waals surface area (Å²) >= 11 is 0. The molecule has 0 spiro atoms. The van der Waals surface area contributed by atoms with Gasteiger partial charge in [-0.15, -0.1) is 10.2 Å². The van der Waals surface area contributed by atoms with Crippen LogP contribution < -0.4 is 5.32 Å². The molecular weight excluding hydrogens is 390 g/mol. The SMILES string of the molecule is O=C(NC1CC(c2nnc(C3CN(C(=O)O)C3)o2)C1)c1cc(-c2ccccc2)on1. The maximum atomic E-state index is 12.4. The first-order valence-corrected chi connectivity index (χ1v) is 9.71. The van der Waals surface area contributed by atoms with Crippen LogP contribution in [0.25, 0.3) is 11.3 Å². The second-order valence-electron chi connectivity index (χ2n) is 7.64. The van der Waals surface area contributed by atoms with E-state index in [0.717, 1.165) is 5.56 Å². The van der Waals surface area contributed by atoms with Gasteiger partial charge in [0, 0.05) is 36.7 Å². The maximum absolute atomic E-state index is 12.4. The number of nitrogens with zero attached hydrogens (tertiary/aromatic N) is 4. The van der Waals surface area contributed by atoms with Crippen molar-refractivity contribution in [1.82, 2.24) is 25.6 Å². The quantitative estimate of drug-likeness (QED) is 0.656. The summed E-state index contributed by atoms with van der Waals surface area (Å²) in [5.74, 6) is 1.33. The molecule has 1 aliphatic carbocycles. The molecule has 2 fully saturated rings. The van der Waals surface area contributed by atoms with Crippen LogP contribution in [-0.2, 0) is 0 Å². The Labute approximate surface area is 170 Å². The molecule has 2 N–H and O–H groups in total. The van der Waals surface area contributed by atoms with Gasteiger partial charge in [-0.1, -0.05) is 35.5 Å². The van der Waals surface area contributed by atoms with Gasteiger partial charge in [0.2, 0.25) is 11.8 Å². The van der Waals surface area contributed by atoms with Gasteiger partial charge in [-0.25, -0.2) is 4.79 Å². The Bertz CT molecular complexity index is 1070. The van der Waals surface area contributed by atoms with E-state index in [4.69, 9.17) is 14.0 Å². The van der Waals surface area contributed by atoms with Crippen molar-refractivity contribution in [2.24, 2.45) is 0 Å². The van der Waals surface area contributed by atoms with Crippen molar-refractivity contribution in [3.63, 3.8) is 0 Å². The van der Waals surface area contributed by atoms with Crippen molar-refractivity contribution in [2.75, 3.05) is 13.1 Å². The lowest BCUT2D eigenvalue weighted by Crippen LogP contribution is -2.47. The Hall–Kier alpha value is -3.69. The third-order valence-corrected chi connectivity index (χ3v) is 5.58. The number of amides is 2. The molecule has 1 saturated carbocycles. The number of carbonyl (C=O) groups is 2. The molecule has 5 rings (SSSR count). The highest BCUT2D eigenvalue weighted by Gasteiger charge is 2.39. The predicted molar refractivity (Wildman–Crippen MR) is 102 cm³/mol. The molecule has 0 atom stereocenters. The Morgan fingerprint density at radius 2 is 1.77 bits per heavy atom. The molecule has 1 aliphatic heterocycles. The summed E-state index contributed by atoms with van der Waals surface area (Å²) in [4.78, 5) is 24.6. The van der Waals surface area contributed by atoms with Crippen LogP contribution in [0.15, 0.2) is 45.3 Å². The summed E-state index contributed by atoms with van der Waals surface area (Å²) in [6.07, 6.45) is 0.456. The summed E-state index contributed by atoms with van der Waals surface area (Å²) in [5, 5.41) is 23.9. The number of rotatable bonds is 5. The zero-order valence-corrected chi connectivity index (χ0v) is 15.9. The van der Waals surface area contributed by atoms with Crippen LogP contribution in [0.1, 0.15) is 46.9 Å². The van der Waals surface area contributed by atoms with Gasteiger partial charge in [0.15, 0.2) is 11.5 Å². The minimum absolute atomic E-state index is 0.000861. The Kier molecular flexibility index (Phi) is 4.46. The zero-order chi connectivity index (χ0) is 20.7. The third kappa shape index (κ3) is 3.40. The van der Waals surface area contributed by atoms with Gasteiger partial charge < -0.3 is 24.3 Å². The van der Waals surface area contributed by atoms with Crippen molar-refractivity contribution < 1.29 is 23.6 Å². The lowest BCUT2D eigenvalue weighted by Gasteiger charge is -2.35. The van der Waals surface area contributed by atoms with E-state index in [9.17, 15) is 9.59 Å². The van der Waals surface area contributed by atoms with E-state index >= 15 is 0 Å². The number of carboxylic acid groups (broad SMARTS) is 1. The van der Waals surface area contributed by atoms with E-state index in [2.05, 4.69) is 20.7 Å². The lowest BCUT2D eigenvalue weighted by atomic mass is 9.80. The molecule has 0 bridgehead atoms. The molecule has 1 aromatic carbocycles. The Morgan fingerprint density at radius 3 is 2.47 bits per heavy atom. The first-order chi connectivity index (χ1) is 14.6. The number of hydrogen-bond donors (Lipinski definition) is 2. The average Bonchev–Trinajstić information content (AvgIpc) is 3.33. The number of likely N-dealkylation sites (tertiary alicyclic amines) is 1. The van der Waals surface area contributed by atoms with E-state index in [-0.39, 0.29) is 29.5 Å². The van der Waals surface area contributed by atoms with Crippen LogP contribution in [0.3, 0.4) is 0 Å². The number of benzene rings is 1. The minimum Gasteiger partial charge on any atom is -0.465 e. The molecule has 154 valence electrons. The van der Waals surface area contributed by atoms with Crippen molar-refractivity contribution >= 4 is 12.0 Å². The molecule has 30 heavy (non-hydrogen) atoms. The van der Waals surface area contributed by atoms with E-state index < -0.39 is 6.09 Å². The first kappa shape index (κ1) is 18.3. The summed E-state index contributed by atoms with van der Waals surface area (Å²) < 4.78 is 11.0. The highest BCUT2D eigenvalue weighted by atomic mass is 16.5. The Morgan fingerprint density at radius 1 is 1.07 bits per heavy atom. The fraction of sp³-hybridized carbons (Fsp3) is 0.350. The first-order valence-electron chi connectivity index (χ1n) is 9.71. The Balaban J connectivity index is 1.12. The van der Waals surface area contributed by atoms with Crippen LogP contribution in [0.5, 0.6) is 0 Å². The maximum Gasteiger partial charge on any atom is 0.407 e. The van der Waals surface area contributed by atoms with Gasteiger partial charge in [-0.3, -0.25) is 4.79 Å². The average molecular weight is 409 g/mol. The molecule has 1 saturated heterocycles. The molecule has 3 aromatic rings. The van der Waals surface area contributed by atoms with Gasteiger partial charge in [0.25, 0.3) is 5.91 Å². The summed E-state index contributed by atoms with van der Waals surface area (Å²) in [5.41, 5.74) is 1.10. The van der Waals surface area contributed by atoms with Gasteiger partial charge >= 0.3 is 6.09 Å². The molecule has 2 aliphatic rings. The van der Waals surface area contributed by atoms with Crippen molar-refractivity contribution in [3.05, 3.63) is 53.9 Å². The van der Waals surface area contributed by atoms with E-state index in [1.165, 1.54) is 4.90 Å². The van der Waals surface area contributed by atoms with Crippen LogP contribution in [0.2, 0.25) is 0 Å². The van der Waals surface area contributed by atoms with Crippen LogP contribution in [-0.4, -0.2) is 56.5 Å². The van der Waals surface area contributed by atoms with Gasteiger partial charge in [0.05, 0.1) is 5.92 Å². The third-order valence-electron chi connectivity index (χ3n) is 5.58. The molecule has 3 heterocycles. The predicted octanol–water partition coefficient (Wildman–Crippen LogP) is 2.48. The monoisotopic (exact) mass is 409 g/mol. The summed E-state index contributed by atoms with van der Waals surface area (Å²) in [6, 6.07) is 11.1. The molecule has 0 radical (unpaired) electrons. The van der Waals surface area contributed by atoms with Crippen LogP contribution >= 0.6 is 0 Å². The fourth-order valence-corrected chi connectivity index (χ4v) is 3.68. The van der Waals surface area contributed by atoms with E-state index in [1.807, 2.05) is 30.3 Å². The number of aromatic nitrogens is 3. The number of nitrogens with one attached hydrogen (secondary N) is 1. The minimum atomic E-state index is -0.938. The smallest absolute Gasteiger partial charge is 0.407 e. The number of hydrogen-bond acceptors (Lipinski definition) is 7. The molecule has 0 unspecified atom stereocenters. The highest BCUT2D eigenvalue weighted by molar-refractivity contribution is 5.93. The van der Waals surface area contributed by atoms with Gasteiger partial charge in [-0.2, -0.15) is 0 Å². The fourth-order valence-electron chi connectivity index (χ4n) is 3.68. The molecule has 10 heteroatoms. The van der Waals surface area contributed by atoms with Crippen molar-refractivity contribution in [2.45, 2.75) is 30.7 Å². The molecule has 10 nitrogen and oxygen atoms in total. The molecular formula is C20H19N5O5. The van der Waals surface area contributed by atoms with Crippen LogP contribution in [0, 0.1) is 0 Å². The standard InChI is InChI=1S/C20H19N5O5/c26-17(15-8-16(30-24-15)11-4-2-1-3-5-11)21-14-6-12(7-14)18-22-23-19(29-18)13-9-25(10-13)20(27)28/h1-5,8,12-14H,6-7,9-10H2,(H,21,26)(H,27,28). The highest BCUT2D eigenvalue weighted by Crippen LogP contribution is 2.37. The van der Waals surface area contributed by atoms with Gasteiger partial charge in [0.1, 0.15) is 0 Å². The summed E-state index contributed by atoms with van der Waals surface area (Å²) in [6.45, 7) is 0.756. The lowest BCUT2D eigenvalue weighted by molar-refractivity contribution is 0.0885. The second kappa shape index (κ2) is 7.29. The topological polar surface area (TPSA) is 135 Å². The molecule has 2 amide bonds. The van der Waals surface area contributed by atoms with Gasteiger partial charge in [-0.05, 0) is 12.8 Å². The normalized spacial score (nSPS) is 21.0. The van der Waals surface area contributed by atoms with Crippen molar-refractivity contribution in [3.8, 4) is 11.3 Å². The largest absolute Gasteiger partial charge is 0.465 e. The number of carbonyl (C=O) groups excluding carboxylic acids is 1. The molecule has 2 aromatic heterocycles.